The molecule has 10 nitrogen and oxygen atoms in total. The van der Waals surface area contributed by atoms with Gasteiger partial charge in [0.2, 0.25) is 0 Å². The number of ether oxygens (including phenoxy) is 8. The Kier molecular flexibility index (Phi) is 11.5. The molecular formula is C40H44O10. The Balaban J connectivity index is 1.25. The molecule has 1 aliphatic heterocycles. The first-order chi connectivity index (χ1) is 24.1. The highest BCUT2D eigenvalue weighted by atomic mass is 16.5. The van der Waals surface area contributed by atoms with Crippen LogP contribution in [-0.4, -0.2) is 60.3 Å². The van der Waals surface area contributed by atoms with Crippen molar-refractivity contribution in [1.82, 2.24) is 0 Å². The number of rotatable bonds is 15. The summed E-state index contributed by atoms with van der Waals surface area (Å²) in [6.45, 7) is 5.90. The van der Waals surface area contributed by atoms with Crippen molar-refractivity contribution < 1.29 is 47.5 Å². The highest BCUT2D eigenvalue weighted by Gasteiger charge is 2.41. The molecule has 0 aromatic heterocycles. The first-order valence-corrected chi connectivity index (χ1v) is 16.3. The van der Waals surface area contributed by atoms with Crippen molar-refractivity contribution in [3.05, 3.63) is 101 Å². The maximum atomic E-state index is 12.9. The van der Waals surface area contributed by atoms with E-state index in [9.17, 15) is 9.59 Å². The molecule has 0 saturated carbocycles. The summed E-state index contributed by atoms with van der Waals surface area (Å²) in [5, 5.41) is 0. The van der Waals surface area contributed by atoms with E-state index >= 15 is 0 Å². The van der Waals surface area contributed by atoms with Gasteiger partial charge in [0, 0.05) is 11.1 Å². The van der Waals surface area contributed by atoms with Gasteiger partial charge < -0.3 is 37.9 Å². The minimum absolute atomic E-state index is 0.136. The highest BCUT2D eigenvalue weighted by molar-refractivity contribution is 5.98. The third-order valence-electron chi connectivity index (χ3n) is 9.25. The van der Waals surface area contributed by atoms with Crippen molar-refractivity contribution in [3.63, 3.8) is 0 Å². The summed E-state index contributed by atoms with van der Waals surface area (Å²) >= 11 is 0. The molecular weight excluding hydrogens is 640 g/mol. The zero-order chi connectivity index (χ0) is 35.9. The fourth-order valence-electron chi connectivity index (χ4n) is 6.20. The molecule has 4 aromatic carbocycles. The Morgan fingerprint density at radius 1 is 0.520 bits per heavy atom. The van der Waals surface area contributed by atoms with E-state index in [0.717, 1.165) is 22.4 Å². The van der Waals surface area contributed by atoms with E-state index in [-0.39, 0.29) is 48.8 Å². The number of carbonyl (C=O) groups is 2. The number of Topliss-reactive ketones (excluding diaryl/α,β-unsaturated/α-hetero) is 2. The highest BCUT2D eigenvalue weighted by Crippen LogP contribution is 2.50. The zero-order valence-corrected chi connectivity index (χ0v) is 29.7. The molecule has 1 fully saturated rings. The molecule has 1 aliphatic rings. The first kappa shape index (κ1) is 36.1. The average molecular weight is 685 g/mol. The molecule has 50 heavy (non-hydrogen) atoms. The number of hydrogen-bond acceptors (Lipinski definition) is 10. The van der Waals surface area contributed by atoms with Crippen molar-refractivity contribution in [2.45, 2.75) is 33.0 Å². The van der Waals surface area contributed by atoms with Crippen molar-refractivity contribution in [2.75, 3.05) is 48.8 Å². The van der Waals surface area contributed by atoms with E-state index < -0.39 is 0 Å². The van der Waals surface area contributed by atoms with Crippen LogP contribution in [0.15, 0.2) is 72.8 Å². The van der Waals surface area contributed by atoms with Crippen LogP contribution >= 0.6 is 0 Å². The second-order valence-corrected chi connectivity index (χ2v) is 12.2. The number of aryl methyl sites for hydroxylation is 1. The fraction of sp³-hybridized carbons (Fsp3) is 0.350. The second-order valence-electron chi connectivity index (χ2n) is 12.2. The number of ketones is 2. The van der Waals surface area contributed by atoms with Gasteiger partial charge in [-0.1, -0.05) is 26.0 Å². The van der Waals surface area contributed by atoms with Crippen LogP contribution < -0.4 is 33.2 Å². The SMILES string of the molecule is COc1ccc(C(=O)COc2ccc(C3OC(c4ccc(OCC(=O)c5ccc(OC)c(OC)c5)c(OC)c4)[C@H](C)[C@H]3C)cc2OC)cc1C. The van der Waals surface area contributed by atoms with Crippen LogP contribution in [0.25, 0.3) is 0 Å². The molecule has 2 unspecified atom stereocenters. The van der Waals surface area contributed by atoms with E-state index in [2.05, 4.69) is 13.8 Å². The minimum atomic E-state index is -0.223. The number of methoxy groups -OCH3 is 5. The lowest BCUT2D eigenvalue weighted by Gasteiger charge is -2.19. The maximum absolute atomic E-state index is 12.9. The molecule has 0 radical (unpaired) electrons. The van der Waals surface area contributed by atoms with Gasteiger partial charge in [0.1, 0.15) is 5.75 Å². The molecule has 1 saturated heterocycles. The van der Waals surface area contributed by atoms with Gasteiger partial charge in [-0.15, -0.1) is 0 Å². The number of benzene rings is 4. The fourth-order valence-corrected chi connectivity index (χ4v) is 6.20. The van der Waals surface area contributed by atoms with Gasteiger partial charge in [0.15, 0.2) is 59.3 Å². The first-order valence-electron chi connectivity index (χ1n) is 16.3. The minimum Gasteiger partial charge on any atom is -0.496 e. The molecule has 4 aromatic rings. The van der Waals surface area contributed by atoms with Crippen LogP contribution in [0, 0.1) is 18.8 Å². The van der Waals surface area contributed by atoms with E-state index in [1.165, 1.54) is 7.11 Å². The van der Waals surface area contributed by atoms with Gasteiger partial charge in [0.25, 0.3) is 0 Å². The summed E-state index contributed by atoms with van der Waals surface area (Å²) in [7, 11) is 7.80. The molecule has 0 N–H and O–H groups in total. The summed E-state index contributed by atoms with van der Waals surface area (Å²) in [6, 6.07) is 21.6. The monoisotopic (exact) mass is 684 g/mol. The van der Waals surface area contributed by atoms with Crippen LogP contribution in [0.1, 0.15) is 63.5 Å². The topological polar surface area (TPSA) is 108 Å². The van der Waals surface area contributed by atoms with Crippen LogP contribution in [0.4, 0.5) is 0 Å². The van der Waals surface area contributed by atoms with Gasteiger partial charge in [-0.2, -0.15) is 0 Å². The molecule has 5 rings (SSSR count). The smallest absolute Gasteiger partial charge is 0.200 e. The lowest BCUT2D eigenvalue weighted by Crippen LogP contribution is -2.13. The Labute approximate surface area is 293 Å². The average Bonchev–Trinajstić information content (AvgIpc) is 3.45. The van der Waals surface area contributed by atoms with Crippen molar-refractivity contribution in [3.8, 4) is 40.2 Å². The van der Waals surface area contributed by atoms with Crippen LogP contribution in [0.5, 0.6) is 40.2 Å². The van der Waals surface area contributed by atoms with E-state index in [4.69, 9.17) is 37.9 Å². The predicted molar refractivity (Wildman–Crippen MR) is 188 cm³/mol. The van der Waals surface area contributed by atoms with Gasteiger partial charge in [0.05, 0.1) is 47.8 Å². The summed E-state index contributed by atoms with van der Waals surface area (Å²) in [4.78, 5) is 25.8. The van der Waals surface area contributed by atoms with Crippen LogP contribution in [-0.2, 0) is 4.74 Å². The summed E-state index contributed by atoms with van der Waals surface area (Å²) in [6.07, 6.45) is -0.443. The molecule has 0 aliphatic carbocycles. The molecule has 1 heterocycles. The van der Waals surface area contributed by atoms with Gasteiger partial charge >= 0.3 is 0 Å². The van der Waals surface area contributed by atoms with Crippen molar-refractivity contribution in [2.24, 2.45) is 11.8 Å². The lowest BCUT2D eigenvalue weighted by molar-refractivity contribution is 0.0287. The Hall–Kier alpha value is -5.22. The molecule has 4 atom stereocenters. The van der Waals surface area contributed by atoms with Crippen LogP contribution in [0.3, 0.4) is 0 Å². The maximum Gasteiger partial charge on any atom is 0.200 e. The molecule has 0 bridgehead atoms. The van der Waals surface area contributed by atoms with Crippen molar-refractivity contribution >= 4 is 11.6 Å². The standard InChI is InChI=1S/C40H44O10/c1-23-17-26(9-13-32(23)43-4)30(41)21-48-34-15-11-28(19-37(34)46-7)39-24(2)25(3)40(50-39)29-12-16-35(38(20-29)47-8)49-22-31(42)27-10-14-33(44-5)36(18-27)45-6/h9-20,24-25,39-40H,21-22H2,1-8H3/t24-,25-,39?,40?/m1/s1. The Bertz CT molecular complexity index is 1830. The van der Waals surface area contributed by atoms with Gasteiger partial charge in [-0.05, 0) is 96.1 Å². The third kappa shape index (κ3) is 7.65. The molecule has 264 valence electrons. The zero-order valence-electron chi connectivity index (χ0n) is 29.7. The molecule has 0 spiro atoms. The third-order valence-corrected chi connectivity index (χ3v) is 9.25. The van der Waals surface area contributed by atoms with E-state index in [1.54, 1.807) is 70.9 Å². The number of hydrogen-bond donors (Lipinski definition) is 0. The van der Waals surface area contributed by atoms with E-state index in [0.29, 0.717) is 45.6 Å². The summed E-state index contributed by atoms with van der Waals surface area (Å²) in [5.41, 5.74) is 3.74. The van der Waals surface area contributed by atoms with Crippen LogP contribution in [0.2, 0.25) is 0 Å². The second kappa shape index (κ2) is 16.0. The Morgan fingerprint density at radius 3 is 1.36 bits per heavy atom. The van der Waals surface area contributed by atoms with Gasteiger partial charge in [-0.3, -0.25) is 9.59 Å². The Morgan fingerprint density at radius 2 is 0.920 bits per heavy atom. The summed E-state index contributed by atoms with van der Waals surface area (Å²) in [5.74, 6) is 3.61. The predicted octanol–water partition coefficient (Wildman–Crippen LogP) is 7.65. The van der Waals surface area contributed by atoms with Gasteiger partial charge in [-0.25, -0.2) is 0 Å². The van der Waals surface area contributed by atoms with Crippen molar-refractivity contribution in [1.29, 1.82) is 0 Å². The molecule has 0 amide bonds. The summed E-state index contributed by atoms with van der Waals surface area (Å²) < 4.78 is 45.7. The lowest BCUT2D eigenvalue weighted by atomic mass is 9.85. The molecule has 10 heteroatoms. The van der Waals surface area contributed by atoms with E-state index in [1.807, 2.05) is 37.3 Å². The number of carbonyl (C=O) groups excluding carboxylic acids is 2. The normalized spacial score (nSPS) is 18.2. The quantitative estimate of drug-likeness (QED) is 0.116. The largest absolute Gasteiger partial charge is 0.496 e.